The van der Waals surface area contributed by atoms with E-state index in [1.807, 2.05) is 48.9 Å². The Kier molecular flexibility index (Phi) is 3.29. The number of rotatable bonds is 3. The third kappa shape index (κ3) is 2.44. The molecule has 5 heteroatoms. The van der Waals surface area contributed by atoms with E-state index in [1.165, 1.54) is 0 Å². The summed E-state index contributed by atoms with van der Waals surface area (Å²) < 4.78 is 2.26. The number of nitrogens with zero attached hydrogens (tertiary/aromatic N) is 5. The Morgan fingerprint density at radius 2 is 1.81 bits per heavy atom. The van der Waals surface area contributed by atoms with Crippen molar-refractivity contribution in [1.29, 1.82) is 5.26 Å². The van der Waals surface area contributed by atoms with Gasteiger partial charge in [0.2, 0.25) is 0 Å². The van der Waals surface area contributed by atoms with Crippen LogP contribution in [0.25, 0.3) is 33.5 Å². The van der Waals surface area contributed by atoms with E-state index in [4.69, 9.17) is 4.98 Å². The van der Waals surface area contributed by atoms with E-state index >= 15 is 0 Å². The normalized spacial score (nSPS) is 13.7. The molecule has 4 aromatic rings. The molecule has 5 nitrogen and oxygen atoms in total. The average molecular weight is 337 g/mol. The monoisotopic (exact) mass is 337 g/mol. The van der Waals surface area contributed by atoms with Crippen molar-refractivity contribution in [2.75, 3.05) is 0 Å². The van der Waals surface area contributed by atoms with Crippen LogP contribution in [0.1, 0.15) is 24.4 Å². The highest BCUT2D eigenvalue weighted by molar-refractivity contribution is 5.83. The van der Waals surface area contributed by atoms with Crippen LogP contribution >= 0.6 is 0 Å². The SMILES string of the molecule is N#Cc1ccc2nc(-c3cncc(-c4cccnc4)c3)n(C3CC3)c2c1. The molecule has 0 N–H and O–H groups in total. The second-order valence-corrected chi connectivity index (χ2v) is 6.56. The molecule has 0 unspecified atom stereocenters. The molecule has 124 valence electrons. The molecule has 5 rings (SSSR count). The molecule has 0 spiro atoms. The summed E-state index contributed by atoms with van der Waals surface area (Å²) in [7, 11) is 0. The fourth-order valence-corrected chi connectivity index (χ4v) is 3.32. The van der Waals surface area contributed by atoms with Gasteiger partial charge >= 0.3 is 0 Å². The van der Waals surface area contributed by atoms with Gasteiger partial charge in [-0.1, -0.05) is 6.07 Å². The first-order chi connectivity index (χ1) is 12.8. The maximum atomic E-state index is 9.23. The van der Waals surface area contributed by atoms with Gasteiger partial charge in [0.15, 0.2) is 0 Å². The minimum absolute atomic E-state index is 0.450. The van der Waals surface area contributed by atoms with Gasteiger partial charge in [0.25, 0.3) is 0 Å². The predicted molar refractivity (Wildman–Crippen MR) is 99.2 cm³/mol. The third-order valence-electron chi connectivity index (χ3n) is 4.72. The Bertz CT molecular complexity index is 1150. The van der Waals surface area contributed by atoms with Crippen LogP contribution in [0.3, 0.4) is 0 Å². The van der Waals surface area contributed by atoms with Crippen LogP contribution in [-0.4, -0.2) is 19.5 Å². The lowest BCUT2D eigenvalue weighted by atomic mass is 10.1. The molecule has 0 aliphatic heterocycles. The maximum absolute atomic E-state index is 9.23. The number of aromatic nitrogens is 4. The van der Waals surface area contributed by atoms with Gasteiger partial charge in [-0.2, -0.15) is 5.26 Å². The summed E-state index contributed by atoms with van der Waals surface area (Å²) in [6, 6.07) is 14.4. The first kappa shape index (κ1) is 14.8. The number of nitriles is 1. The lowest BCUT2D eigenvalue weighted by Crippen LogP contribution is -1.98. The summed E-state index contributed by atoms with van der Waals surface area (Å²) in [5.74, 6) is 0.913. The Morgan fingerprint density at radius 3 is 2.58 bits per heavy atom. The molecule has 0 amide bonds. The summed E-state index contributed by atoms with van der Waals surface area (Å²) >= 11 is 0. The van der Waals surface area contributed by atoms with E-state index in [2.05, 4.69) is 26.7 Å². The maximum Gasteiger partial charge on any atom is 0.142 e. The van der Waals surface area contributed by atoms with Crippen molar-refractivity contribution < 1.29 is 0 Å². The second kappa shape index (κ2) is 5.78. The minimum atomic E-state index is 0.450. The molecule has 0 atom stereocenters. The number of hydrogen-bond acceptors (Lipinski definition) is 4. The van der Waals surface area contributed by atoms with Crippen molar-refractivity contribution in [2.24, 2.45) is 0 Å². The van der Waals surface area contributed by atoms with Crippen molar-refractivity contribution in [3.63, 3.8) is 0 Å². The number of benzene rings is 1. The van der Waals surface area contributed by atoms with Gasteiger partial charge in [0, 0.05) is 47.5 Å². The van der Waals surface area contributed by atoms with E-state index < -0.39 is 0 Å². The third-order valence-corrected chi connectivity index (χ3v) is 4.72. The zero-order valence-corrected chi connectivity index (χ0v) is 14.0. The molecule has 1 aliphatic carbocycles. The average Bonchev–Trinajstić information content (AvgIpc) is 3.48. The van der Waals surface area contributed by atoms with Gasteiger partial charge < -0.3 is 4.57 Å². The Hall–Kier alpha value is -3.52. The molecule has 1 fully saturated rings. The molecule has 0 radical (unpaired) electrons. The number of pyridine rings is 2. The Morgan fingerprint density at radius 1 is 0.962 bits per heavy atom. The molecule has 1 aliphatic rings. The first-order valence-electron chi connectivity index (χ1n) is 8.61. The standard InChI is InChI=1S/C21H15N5/c22-10-14-3-6-19-20(8-14)26(18-4-5-18)21(25-19)17-9-16(12-24-13-17)15-2-1-7-23-11-15/h1-3,6-9,11-13,18H,4-5H2. The lowest BCUT2D eigenvalue weighted by Gasteiger charge is -2.09. The summed E-state index contributed by atoms with van der Waals surface area (Å²) in [6.45, 7) is 0. The van der Waals surface area contributed by atoms with Gasteiger partial charge in [0.05, 0.1) is 22.7 Å². The summed E-state index contributed by atoms with van der Waals surface area (Å²) in [6.07, 6.45) is 9.59. The van der Waals surface area contributed by atoms with E-state index in [0.717, 1.165) is 46.4 Å². The van der Waals surface area contributed by atoms with Crippen molar-refractivity contribution in [2.45, 2.75) is 18.9 Å². The molecule has 0 bridgehead atoms. The van der Waals surface area contributed by atoms with Crippen molar-refractivity contribution in [3.8, 4) is 28.6 Å². The second-order valence-electron chi connectivity index (χ2n) is 6.56. The molecule has 0 saturated heterocycles. The molecular weight excluding hydrogens is 322 g/mol. The van der Waals surface area contributed by atoms with Crippen LogP contribution in [0, 0.1) is 11.3 Å². The highest BCUT2D eigenvalue weighted by Gasteiger charge is 2.29. The van der Waals surface area contributed by atoms with E-state index in [9.17, 15) is 5.26 Å². The van der Waals surface area contributed by atoms with Gasteiger partial charge in [-0.3, -0.25) is 9.97 Å². The summed E-state index contributed by atoms with van der Waals surface area (Å²) in [5, 5.41) is 9.23. The zero-order valence-electron chi connectivity index (χ0n) is 14.0. The lowest BCUT2D eigenvalue weighted by molar-refractivity contribution is 0.775. The summed E-state index contributed by atoms with van der Waals surface area (Å²) in [5.41, 5.74) is 5.62. The van der Waals surface area contributed by atoms with Crippen LogP contribution in [0.4, 0.5) is 0 Å². The number of hydrogen-bond donors (Lipinski definition) is 0. The van der Waals surface area contributed by atoms with Gasteiger partial charge in [-0.15, -0.1) is 0 Å². The van der Waals surface area contributed by atoms with Crippen LogP contribution in [0.5, 0.6) is 0 Å². The predicted octanol–water partition coefficient (Wildman–Crippen LogP) is 4.37. The van der Waals surface area contributed by atoms with Gasteiger partial charge in [0.1, 0.15) is 5.82 Å². The van der Waals surface area contributed by atoms with Gasteiger partial charge in [-0.05, 0) is 43.2 Å². The topological polar surface area (TPSA) is 67.4 Å². The van der Waals surface area contributed by atoms with Crippen LogP contribution < -0.4 is 0 Å². The largest absolute Gasteiger partial charge is 0.321 e. The van der Waals surface area contributed by atoms with Crippen LogP contribution in [0.2, 0.25) is 0 Å². The number of fused-ring (bicyclic) bond motifs is 1. The quantitative estimate of drug-likeness (QED) is 0.557. The molecule has 1 saturated carbocycles. The smallest absolute Gasteiger partial charge is 0.142 e. The van der Waals surface area contributed by atoms with Crippen LogP contribution in [-0.2, 0) is 0 Å². The fraction of sp³-hybridized carbons (Fsp3) is 0.143. The molecule has 1 aromatic carbocycles. The molecule has 3 heterocycles. The van der Waals surface area contributed by atoms with Crippen molar-refractivity contribution in [1.82, 2.24) is 19.5 Å². The highest BCUT2D eigenvalue weighted by Crippen LogP contribution is 2.41. The molecule has 3 aromatic heterocycles. The van der Waals surface area contributed by atoms with E-state index in [-0.39, 0.29) is 0 Å². The highest BCUT2D eigenvalue weighted by atomic mass is 15.1. The Balaban J connectivity index is 1.70. The van der Waals surface area contributed by atoms with Crippen molar-refractivity contribution >= 4 is 11.0 Å². The Labute approximate surface area is 150 Å². The van der Waals surface area contributed by atoms with Crippen molar-refractivity contribution in [3.05, 3.63) is 66.7 Å². The summed E-state index contributed by atoms with van der Waals surface area (Å²) in [4.78, 5) is 13.5. The van der Waals surface area contributed by atoms with E-state index in [1.54, 1.807) is 6.20 Å². The number of imidazole rings is 1. The minimum Gasteiger partial charge on any atom is -0.321 e. The van der Waals surface area contributed by atoms with Gasteiger partial charge in [-0.25, -0.2) is 4.98 Å². The first-order valence-corrected chi connectivity index (χ1v) is 8.61. The zero-order chi connectivity index (χ0) is 17.5. The molecule has 26 heavy (non-hydrogen) atoms. The van der Waals surface area contributed by atoms with Crippen LogP contribution in [0.15, 0.2) is 61.2 Å². The fourth-order valence-electron chi connectivity index (χ4n) is 3.32. The van der Waals surface area contributed by atoms with E-state index in [0.29, 0.717) is 11.6 Å². The molecular formula is C21H15N5.